The number of nitrogens with zero attached hydrogens (tertiary/aromatic N) is 2. The van der Waals surface area contributed by atoms with Gasteiger partial charge in [0.25, 0.3) is 5.89 Å². The van der Waals surface area contributed by atoms with Crippen LogP contribution in [-0.2, 0) is 13.0 Å². The molecular weight excluding hydrogens is 244 g/mol. The van der Waals surface area contributed by atoms with Gasteiger partial charge in [-0.15, -0.1) is 0 Å². The molecule has 0 aliphatic rings. The van der Waals surface area contributed by atoms with Crippen LogP contribution < -0.4 is 4.74 Å². The van der Waals surface area contributed by atoms with Gasteiger partial charge in [-0.2, -0.15) is 4.98 Å². The number of carbonyl (C=O) groups is 1. The van der Waals surface area contributed by atoms with E-state index in [2.05, 4.69) is 17.1 Å². The summed E-state index contributed by atoms with van der Waals surface area (Å²) in [5.74, 6) is 1.62. The van der Waals surface area contributed by atoms with E-state index < -0.39 is 0 Å². The summed E-state index contributed by atoms with van der Waals surface area (Å²) in [5, 5.41) is 3.84. The predicted octanol–water partition coefficient (Wildman–Crippen LogP) is 2.72. The molecule has 0 saturated heterocycles. The third-order valence-corrected chi connectivity index (χ3v) is 2.63. The molecule has 0 saturated carbocycles. The van der Waals surface area contributed by atoms with Gasteiger partial charge in [-0.3, -0.25) is 4.79 Å². The van der Waals surface area contributed by atoms with Gasteiger partial charge in [0.1, 0.15) is 5.75 Å². The Hall–Kier alpha value is -2.17. The summed E-state index contributed by atoms with van der Waals surface area (Å²) in [6.45, 7) is 4.14. The van der Waals surface area contributed by atoms with Crippen LogP contribution >= 0.6 is 0 Å². The first kappa shape index (κ1) is 13.3. The molecule has 1 heterocycles. The Kier molecular flexibility index (Phi) is 4.28. The largest absolute Gasteiger partial charge is 0.483 e. The van der Waals surface area contributed by atoms with Crippen molar-refractivity contribution in [2.75, 3.05) is 0 Å². The Morgan fingerprint density at radius 2 is 2.26 bits per heavy atom. The van der Waals surface area contributed by atoms with Crippen LogP contribution in [0.1, 0.15) is 41.0 Å². The maximum atomic E-state index is 10.9. The van der Waals surface area contributed by atoms with E-state index in [-0.39, 0.29) is 6.61 Å². The highest BCUT2D eigenvalue weighted by Gasteiger charge is 2.08. The zero-order chi connectivity index (χ0) is 13.7. The first-order chi connectivity index (χ1) is 9.22. The molecule has 0 spiro atoms. The van der Waals surface area contributed by atoms with Gasteiger partial charge in [-0.25, -0.2) is 0 Å². The third kappa shape index (κ3) is 3.40. The van der Waals surface area contributed by atoms with Crippen molar-refractivity contribution in [3.8, 4) is 5.75 Å². The van der Waals surface area contributed by atoms with E-state index in [1.807, 2.05) is 13.0 Å². The van der Waals surface area contributed by atoms with Crippen LogP contribution in [0.4, 0.5) is 0 Å². The van der Waals surface area contributed by atoms with Crippen LogP contribution in [0.15, 0.2) is 22.7 Å². The van der Waals surface area contributed by atoms with E-state index in [4.69, 9.17) is 9.26 Å². The van der Waals surface area contributed by atoms with Crippen molar-refractivity contribution >= 4 is 6.29 Å². The van der Waals surface area contributed by atoms with E-state index >= 15 is 0 Å². The first-order valence-corrected chi connectivity index (χ1v) is 6.23. The molecule has 100 valence electrons. The van der Waals surface area contributed by atoms with Crippen molar-refractivity contribution in [2.45, 2.75) is 33.3 Å². The fourth-order valence-corrected chi connectivity index (χ4v) is 1.70. The number of benzene rings is 1. The SMILES string of the molecule is CCCc1noc(COc2ccc(C)cc2C=O)n1. The number of hydrogen-bond acceptors (Lipinski definition) is 5. The number of aldehydes is 1. The Labute approximate surface area is 111 Å². The van der Waals surface area contributed by atoms with Gasteiger partial charge in [-0.05, 0) is 25.5 Å². The molecule has 0 atom stereocenters. The molecule has 2 rings (SSSR count). The maximum absolute atomic E-state index is 10.9. The molecule has 0 fully saturated rings. The third-order valence-electron chi connectivity index (χ3n) is 2.63. The normalized spacial score (nSPS) is 10.4. The summed E-state index contributed by atoms with van der Waals surface area (Å²) in [4.78, 5) is 15.1. The van der Waals surface area contributed by atoms with Crippen molar-refractivity contribution < 1.29 is 14.1 Å². The summed E-state index contributed by atoms with van der Waals surface area (Å²) in [5.41, 5.74) is 1.53. The van der Waals surface area contributed by atoms with Crippen molar-refractivity contribution in [1.82, 2.24) is 10.1 Å². The zero-order valence-electron chi connectivity index (χ0n) is 11.0. The van der Waals surface area contributed by atoms with Crippen LogP contribution in [0.25, 0.3) is 0 Å². The second kappa shape index (κ2) is 6.13. The van der Waals surface area contributed by atoms with Gasteiger partial charge >= 0.3 is 0 Å². The van der Waals surface area contributed by atoms with Gasteiger partial charge in [0.05, 0.1) is 5.56 Å². The van der Waals surface area contributed by atoms with E-state index in [1.165, 1.54) is 0 Å². The lowest BCUT2D eigenvalue weighted by Crippen LogP contribution is -1.99. The Balaban J connectivity index is 2.03. The van der Waals surface area contributed by atoms with Crippen molar-refractivity contribution in [3.63, 3.8) is 0 Å². The van der Waals surface area contributed by atoms with Gasteiger partial charge in [0.2, 0.25) is 0 Å². The fourth-order valence-electron chi connectivity index (χ4n) is 1.70. The minimum atomic E-state index is 0.167. The molecule has 2 aromatic rings. The quantitative estimate of drug-likeness (QED) is 0.747. The minimum Gasteiger partial charge on any atom is -0.483 e. The summed E-state index contributed by atoms with van der Waals surface area (Å²) in [6, 6.07) is 5.43. The Morgan fingerprint density at radius 1 is 1.42 bits per heavy atom. The highest BCUT2D eigenvalue weighted by Crippen LogP contribution is 2.19. The van der Waals surface area contributed by atoms with Gasteiger partial charge in [0, 0.05) is 6.42 Å². The fraction of sp³-hybridized carbons (Fsp3) is 0.357. The monoisotopic (exact) mass is 260 g/mol. The second-order valence-electron chi connectivity index (χ2n) is 4.30. The number of hydrogen-bond donors (Lipinski definition) is 0. The number of aromatic nitrogens is 2. The average Bonchev–Trinajstić information content (AvgIpc) is 2.85. The molecule has 0 bridgehead atoms. The number of ether oxygens (including phenoxy) is 1. The van der Waals surface area contributed by atoms with E-state index in [9.17, 15) is 4.79 Å². The molecule has 1 aromatic carbocycles. The van der Waals surface area contributed by atoms with E-state index in [0.717, 1.165) is 24.7 Å². The molecule has 0 N–H and O–H groups in total. The van der Waals surface area contributed by atoms with Crippen LogP contribution in [0, 0.1) is 6.92 Å². The lowest BCUT2D eigenvalue weighted by Gasteiger charge is -2.06. The van der Waals surface area contributed by atoms with Gasteiger partial charge < -0.3 is 9.26 Å². The topological polar surface area (TPSA) is 65.2 Å². The summed E-state index contributed by atoms with van der Waals surface area (Å²) in [6.07, 6.45) is 2.53. The zero-order valence-corrected chi connectivity index (χ0v) is 11.0. The summed E-state index contributed by atoms with van der Waals surface area (Å²) in [7, 11) is 0. The standard InChI is InChI=1S/C14H16N2O3/c1-3-4-13-15-14(19-16-13)9-18-12-6-5-10(2)7-11(12)8-17/h5-8H,3-4,9H2,1-2H3. The van der Waals surface area contributed by atoms with Gasteiger partial charge in [-0.1, -0.05) is 23.7 Å². The molecule has 0 aliphatic carbocycles. The van der Waals surface area contributed by atoms with Gasteiger partial charge in [0.15, 0.2) is 18.7 Å². The summed E-state index contributed by atoms with van der Waals surface area (Å²) < 4.78 is 10.6. The molecule has 5 nitrogen and oxygen atoms in total. The van der Waals surface area contributed by atoms with E-state index in [1.54, 1.807) is 12.1 Å². The first-order valence-electron chi connectivity index (χ1n) is 6.23. The Morgan fingerprint density at radius 3 is 3.00 bits per heavy atom. The minimum absolute atomic E-state index is 0.167. The van der Waals surface area contributed by atoms with Crippen LogP contribution in [0.2, 0.25) is 0 Å². The van der Waals surface area contributed by atoms with Crippen molar-refractivity contribution in [3.05, 3.63) is 41.0 Å². The molecule has 0 radical (unpaired) electrons. The maximum Gasteiger partial charge on any atom is 0.264 e. The smallest absolute Gasteiger partial charge is 0.264 e. The van der Waals surface area contributed by atoms with E-state index in [0.29, 0.717) is 23.0 Å². The highest BCUT2D eigenvalue weighted by molar-refractivity contribution is 5.79. The molecule has 0 amide bonds. The van der Waals surface area contributed by atoms with Crippen molar-refractivity contribution in [1.29, 1.82) is 0 Å². The summed E-state index contributed by atoms with van der Waals surface area (Å²) >= 11 is 0. The van der Waals surface area contributed by atoms with Crippen LogP contribution in [-0.4, -0.2) is 16.4 Å². The second-order valence-corrected chi connectivity index (χ2v) is 4.30. The lowest BCUT2D eigenvalue weighted by atomic mass is 10.1. The highest BCUT2D eigenvalue weighted by atomic mass is 16.5. The predicted molar refractivity (Wildman–Crippen MR) is 69.2 cm³/mol. The average molecular weight is 260 g/mol. The molecule has 0 unspecified atom stereocenters. The number of carbonyl (C=O) groups excluding carboxylic acids is 1. The number of rotatable bonds is 6. The molecule has 19 heavy (non-hydrogen) atoms. The van der Waals surface area contributed by atoms with Crippen LogP contribution in [0.5, 0.6) is 5.75 Å². The molecular formula is C14H16N2O3. The lowest BCUT2D eigenvalue weighted by molar-refractivity contribution is 0.111. The van der Waals surface area contributed by atoms with Crippen LogP contribution in [0.3, 0.4) is 0 Å². The molecule has 0 aliphatic heterocycles. The van der Waals surface area contributed by atoms with Crippen molar-refractivity contribution in [2.24, 2.45) is 0 Å². The Bertz CT molecular complexity index is 564. The molecule has 1 aromatic heterocycles. The molecule has 5 heteroatoms. The number of aryl methyl sites for hydroxylation is 2.